The highest BCUT2D eigenvalue weighted by atomic mass is 79.9. The molecule has 2 N–H and O–H groups in total. The van der Waals surface area contributed by atoms with Crippen LogP contribution in [0.25, 0.3) is 11.3 Å². The monoisotopic (exact) mass is 445 g/mol. The van der Waals surface area contributed by atoms with E-state index < -0.39 is 0 Å². The van der Waals surface area contributed by atoms with Crippen molar-refractivity contribution in [3.05, 3.63) is 40.5 Å². The Labute approximate surface area is 172 Å². The van der Waals surface area contributed by atoms with Crippen molar-refractivity contribution in [2.75, 3.05) is 26.2 Å². The molecule has 1 saturated heterocycles. The zero-order chi connectivity index (χ0) is 19.7. The van der Waals surface area contributed by atoms with Gasteiger partial charge in [-0.05, 0) is 38.0 Å². The van der Waals surface area contributed by atoms with Crippen molar-refractivity contribution < 1.29 is 9.59 Å². The van der Waals surface area contributed by atoms with Crippen LogP contribution in [0.2, 0.25) is 0 Å². The highest BCUT2D eigenvalue weighted by molar-refractivity contribution is 9.10. The second-order valence-electron chi connectivity index (χ2n) is 7.46. The molecule has 1 unspecified atom stereocenters. The summed E-state index contributed by atoms with van der Waals surface area (Å²) < 4.78 is 1.00. The van der Waals surface area contributed by atoms with Gasteiger partial charge in [0, 0.05) is 42.3 Å². The Morgan fingerprint density at radius 2 is 1.86 bits per heavy atom. The normalized spacial score (nSPS) is 18.7. The van der Waals surface area contributed by atoms with Crippen molar-refractivity contribution in [1.82, 2.24) is 25.3 Å². The van der Waals surface area contributed by atoms with Crippen LogP contribution in [0.15, 0.2) is 34.8 Å². The second-order valence-corrected chi connectivity index (χ2v) is 8.38. The van der Waals surface area contributed by atoms with E-state index in [0.717, 1.165) is 28.6 Å². The summed E-state index contributed by atoms with van der Waals surface area (Å²) in [5.41, 5.74) is 2.20. The van der Waals surface area contributed by atoms with Gasteiger partial charge in [-0.1, -0.05) is 28.1 Å². The van der Waals surface area contributed by atoms with Crippen molar-refractivity contribution in [2.45, 2.75) is 31.8 Å². The number of halogens is 1. The zero-order valence-electron chi connectivity index (χ0n) is 15.8. The first-order valence-electron chi connectivity index (χ1n) is 9.66. The first kappa shape index (κ1) is 19.1. The topological polar surface area (TPSA) is 81.3 Å². The molecular formula is C20H24BrN5O2. The number of aromatic amines is 1. The van der Waals surface area contributed by atoms with E-state index in [1.165, 1.54) is 0 Å². The van der Waals surface area contributed by atoms with Gasteiger partial charge in [-0.3, -0.25) is 19.6 Å². The standard InChI is InChI=1S/C20H24BrN5O2/c1-13(19(27)22-16-6-7-16)25-8-10-26(11-9-25)20(28)18-12-17(23-24-18)14-2-4-15(21)5-3-14/h2-5,12-13,16H,6-11H2,1H3,(H,22,27)(H,23,24). The molecule has 1 aromatic carbocycles. The Balaban J connectivity index is 1.33. The fourth-order valence-electron chi connectivity index (χ4n) is 3.40. The van der Waals surface area contributed by atoms with Gasteiger partial charge in [-0.25, -0.2) is 0 Å². The molecular weight excluding hydrogens is 422 g/mol. The minimum absolute atomic E-state index is 0.0504. The Hall–Kier alpha value is -2.19. The SMILES string of the molecule is CC(C(=O)NC1CC1)N1CCN(C(=O)c2cc(-c3ccc(Br)cc3)n[nH]2)CC1. The van der Waals surface area contributed by atoms with Gasteiger partial charge in [0.2, 0.25) is 5.91 Å². The number of aromatic nitrogens is 2. The van der Waals surface area contributed by atoms with Gasteiger partial charge >= 0.3 is 0 Å². The molecule has 2 heterocycles. The van der Waals surface area contributed by atoms with Crippen molar-refractivity contribution in [1.29, 1.82) is 0 Å². The molecule has 2 aliphatic rings. The summed E-state index contributed by atoms with van der Waals surface area (Å²) in [5.74, 6) is 0.0422. The third-order valence-corrected chi connectivity index (χ3v) is 5.93. The molecule has 0 radical (unpaired) electrons. The highest BCUT2D eigenvalue weighted by Crippen LogP contribution is 2.22. The van der Waals surface area contributed by atoms with Crippen LogP contribution in [-0.4, -0.2) is 70.1 Å². The van der Waals surface area contributed by atoms with Crippen molar-refractivity contribution in [2.24, 2.45) is 0 Å². The predicted octanol–water partition coefficient (Wildman–Crippen LogP) is 2.26. The summed E-state index contributed by atoms with van der Waals surface area (Å²) in [6.45, 7) is 4.53. The number of H-pyrrole nitrogens is 1. The van der Waals surface area contributed by atoms with Crippen molar-refractivity contribution in [3.8, 4) is 11.3 Å². The van der Waals surface area contributed by atoms with Gasteiger partial charge in [-0.15, -0.1) is 0 Å². The number of rotatable bonds is 5. The van der Waals surface area contributed by atoms with Crippen LogP contribution < -0.4 is 5.32 Å². The van der Waals surface area contributed by atoms with Crippen LogP contribution in [0.1, 0.15) is 30.3 Å². The minimum Gasteiger partial charge on any atom is -0.352 e. The number of nitrogens with one attached hydrogen (secondary N) is 2. The van der Waals surface area contributed by atoms with E-state index in [2.05, 4.69) is 36.3 Å². The molecule has 8 heteroatoms. The molecule has 0 bridgehead atoms. The first-order chi connectivity index (χ1) is 13.5. The molecule has 148 valence electrons. The summed E-state index contributed by atoms with van der Waals surface area (Å²) >= 11 is 3.42. The van der Waals surface area contributed by atoms with E-state index in [1.54, 1.807) is 6.07 Å². The lowest BCUT2D eigenvalue weighted by Crippen LogP contribution is -2.55. The van der Waals surface area contributed by atoms with Gasteiger partial charge < -0.3 is 10.2 Å². The molecule has 1 aromatic heterocycles. The number of hydrogen-bond acceptors (Lipinski definition) is 4. The highest BCUT2D eigenvalue weighted by Gasteiger charge is 2.31. The Kier molecular flexibility index (Phi) is 5.50. The number of benzene rings is 1. The van der Waals surface area contributed by atoms with Crippen LogP contribution in [0.5, 0.6) is 0 Å². The number of carbonyl (C=O) groups excluding carboxylic acids is 2. The van der Waals surface area contributed by atoms with Gasteiger partial charge in [0.15, 0.2) is 0 Å². The number of carbonyl (C=O) groups is 2. The molecule has 2 amide bonds. The third kappa shape index (κ3) is 4.28. The lowest BCUT2D eigenvalue weighted by molar-refractivity contribution is -0.126. The number of amides is 2. The Morgan fingerprint density at radius 3 is 2.50 bits per heavy atom. The Morgan fingerprint density at radius 1 is 1.18 bits per heavy atom. The van der Waals surface area contributed by atoms with E-state index in [0.29, 0.717) is 37.9 Å². The van der Waals surface area contributed by atoms with Crippen LogP contribution in [0.4, 0.5) is 0 Å². The van der Waals surface area contributed by atoms with Crippen molar-refractivity contribution in [3.63, 3.8) is 0 Å². The lowest BCUT2D eigenvalue weighted by atomic mass is 10.1. The van der Waals surface area contributed by atoms with Crippen LogP contribution >= 0.6 is 15.9 Å². The predicted molar refractivity (Wildman–Crippen MR) is 110 cm³/mol. The second kappa shape index (κ2) is 8.05. The minimum atomic E-state index is -0.158. The lowest BCUT2D eigenvalue weighted by Gasteiger charge is -2.37. The number of nitrogens with zero attached hydrogens (tertiary/aromatic N) is 3. The quantitative estimate of drug-likeness (QED) is 0.739. The average Bonchev–Trinajstić information content (AvgIpc) is 3.39. The number of hydrogen-bond donors (Lipinski definition) is 2. The largest absolute Gasteiger partial charge is 0.352 e. The van der Waals surface area contributed by atoms with Crippen LogP contribution in [0.3, 0.4) is 0 Å². The maximum absolute atomic E-state index is 12.8. The zero-order valence-corrected chi connectivity index (χ0v) is 17.4. The molecule has 2 fully saturated rings. The molecule has 1 aliphatic heterocycles. The smallest absolute Gasteiger partial charge is 0.271 e. The first-order valence-corrected chi connectivity index (χ1v) is 10.5. The van der Waals surface area contributed by atoms with Crippen molar-refractivity contribution >= 4 is 27.7 Å². The maximum atomic E-state index is 12.8. The van der Waals surface area contributed by atoms with Crippen LogP contribution in [0, 0.1) is 0 Å². The van der Waals surface area contributed by atoms with E-state index in [9.17, 15) is 9.59 Å². The molecule has 2 aromatic rings. The fraction of sp³-hybridized carbons (Fsp3) is 0.450. The van der Waals surface area contributed by atoms with E-state index in [-0.39, 0.29) is 17.9 Å². The van der Waals surface area contributed by atoms with Gasteiger partial charge in [0.1, 0.15) is 5.69 Å². The molecule has 28 heavy (non-hydrogen) atoms. The molecule has 0 spiro atoms. The summed E-state index contributed by atoms with van der Waals surface area (Å²) in [4.78, 5) is 29.0. The van der Waals surface area contributed by atoms with Gasteiger partial charge in [0.05, 0.1) is 11.7 Å². The third-order valence-electron chi connectivity index (χ3n) is 5.40. The molecule has 1 saturated carbocycles. The van der Waals surface area contributed by atoms with E-state index in [1.807, 2.05) is 36.1 Å². The molecule has 1 atom stereocenters. The average molecular weight is 446 g/mol. The maximum Gasteiger partial charge on any atom is 0.271 e. The summed E-state index contributed by atoms with van der Waals surface area (Å²) in [7, 11) is 0. The molecule has 1 aliphatic carbocycles. The summed E-state index contributed by atoms with van der Waals surface area (Å²) in [6.07, 6.45) is 2.18. The van der Waals surface area contributed by atoms with E-state index >= 15 is 0 Å². The summed E-state index contributed by atoms with van der Waals surface area (Å²) in [5, 5.41) is 10.2. The molecule has 4 rings (SSSR count). The summed E-state index contributed by atoms with van der Waals surface area (Å²) in [6, 6.07) is 9.83. The van der Waals surface area contributed by atoms with Gasteiger partial charge in [0.25, 0.3) is 5.91 Å². The van der Waals surface area contributed by atoms with Gasteiger partial charge in [-0.2, -0.15) is 5.10 Å². The number of piperazine rings is 1. The molecule has 7 nitrogen and oxygen atoms in total. The fourth-order valence-corrected chi connectivity index (χ4v) is 3.66. The Bertz CT molecular complexity index is 854. The van der Waals surface area contributed by atoms with Crippen LogP contribution in [-0.2, 0) is 4.79 Å². The van der Waals surface area contributed by atoms with E-state index in [4.69, 9.17) is 0 Å².